The molecule has 3 N–H and O–H groups in total. The van der Waals surface area contributed by atoms with E-state index in [4.69, 9.17) is 0 Å². The lowest BCUT2D eigenvalue weighted by Crippen LogP contribution is -2.45. The Morgan fingerprint density at radius 2 is 0.606 bits per heavy atom. The fourth-order valence-corrected chi connectivity index (χ4v) is 8.95. The zero-order chi connectivity index (χ0) is 51.3. The summed E-state index contributed by atoms with van der Waals surface area (Å²) in [5.74, 6) is -0.0899. The average Bonchev–Trinajstić information content (AvgIpc) is 3.37. The van der Waals surface area contributed by atoms with Gasteiger partial charge in [-0.3, -0.25) is 4.79 Å². The number of nitrogens with one attached hydrogen (secondary N) is 1. The standard InChI is InChI=1S/C67H117NO3/c1-3-5-7-9-11-13-15-17-19-21-23-25-27-29-31-33-35-36-38-40-42-44-46-48-50-52-54-56-58-60-62-66(70)65(64-69)68-67(71)63-61-59-57-55-53-51-49-47-45-43-41-39-37-34-32-30-28-26-24-22-20-18-16-14-12-10-8-6-4-2/h6,8,12,14,18,20,24,26,30,32,37,39,43,45,49,51,55,57,65-66,69-70H,3-5,7,9-11,13,15-17,19,21-23,25,27-29,31,33-36,38,40-42,44,46-48,50,52-54,56,58-64H2,1-2H3,(H,68,71)/b8-6-,14-12-,20-18-,26-24-,32-30-,39-37-,45-43-,51-49-,57-55-. The molecule has 0 saturated carbocycles. The lowest BCUT2D eigenvalue weighted by atomic mass is 10.0. The van der Waals surface area contributed by atoms with Crippen LogP contribution >= 0.6 is 0 Å². The van der Waals surface area contributed by atoms with E-state index < -0.39 is 12.1 Å². The van der Waals surface area contributed by atoms with Crippen LogP contribution in [0.3, 0.4) is 0 Å². The fourth-order valence-electron chi connectivity index (χ4n) is 8.95. The van der Waals surface area contributed by atoms with Gasteiger partial charge in [0.25, 0.3) is 0 Å². The van der Waals surface area contributed by atoms with E-state index in [1.807, 2.05) is 0 Å². The Morgan fingerprint density at radius 3 is 0.873 bits per heavy atom. The number of unbranched alkanes of at least 4 members (excludes halogenated alkanes) is 30. The molecule has 0 saturated heterocycles. The first-order chi connectivity index (χ1) is 35.2. The van der Waals surface area contributed by atoms with Crippen molar-refractivity contribution in [3.8, 4) is 0 Å². The largest absolute Gasteiger partial charge is 0.394 e. The van der Waals surface area contributed by atoms with Gasteiger partial charge in [0, 0.05) is 6.42 Å². The van der Waals surface area contributed by atoms with Crippen LogP contribution in [-0.2, 0) is 4.79 Å². The predicted molar refractivity (Wildman–Crippen MR) is 317 cm³/mol. The number of amides is 1. The van der Waals surface area contributed by atoms with Gasteiger partial charge in [-0.1, -0.05) is 316 Å². The summed E-state index contributed by atoms with van der Waals surface area (Å²) < 4.78 is 0. The summed E-state index contributed by atoms with van der Waals surface area (Å²) in [4.78, 5) is 12.5. The molecule has 0 rings (SSSR count). The minimum Gasteiger partial charge on any atom is -0.394 e. The summed E-state index contributed by atoms with van der Waals surface area (Å²) in [6.45, 7) is 4.24. The summed E-state index contributed by atoms with van der Waals surface area (Å²) in [5, 5.41) is 23.3. The van der Waals surface area contributed by atoms with E-state index >= 15 is 0 Å². The van der Waals surface area contributed by atoms with Crippen LogP contribution in [0.15, 0.2) is 109 Å². The molecule has 0 spiro atoms. The summed E-state index contributed by atoms with van der Waals surface area (Å²) in [5.41, 5.74) is 0. The molecule has 0 radical (unpaired) electrons. The lowest BCUT2D eigenvalue weighted by Gasteiger charge is -2.22. The third-order valence-electron chi connectivity index (χ3n) is 13.5. The molecule has 0 aliphatic heterocycles. The van der Waals surface area contributed by atoms with Gasteiger partial charge in [0.05, 0.1) is 18.8 Å². The van der Waals surface area contributed by atoms with Crippen LogP contribution in [0.4, 0.5) is 0 Å². The second-order valence-corrected chi connectivity index (χ2v) is 20.4. The van der Waals surface area contributed by atoms with Crippen LogP contribution in [0.1, 0.15) is 290 Å². The van der Waals surface area contributed by atoms with E-state index in [1.165, 1.54) is 180 Å². The van der Waals surface area contributed by atoms with Crippen LogP contribution < -0.4 is 5.32 Å². The van der Waals surface area contributed by atoms with Crippen molar-refractivity contribution in [3.05, 3.63) is 109 Å². The van der Waals surface area contributed by atoms with Gasteiger partial charge in [0.2, 0.25) is 5.91 Å². The maximum absolute atomic E-state index is 12.5. The van der Waals surface area contributed by atoms with Gasteiger partial charge >= 0.3 is 0 Å². The van der Waals surface area contributed by atoms with E-state index in [9.17, 15) is 15.0 Å². The normalized spacial score (nSPS) is 13.6. The van der Waals surface area contributed by atoms with Crippen molar-refractivity contribution < 1.29 is 15.0 Å². The molecular weight excluding hydrogens is 867 g/mol. The second kappa shape index (κ2) is 61.4. The highest BCUT2D eigenvalue weighted by molar-refractivity contribution is 5.76. The number of carbonyl (C=O) groups is 1. The Labute approximate surface area is 442 Å². The third kappa shape index (κ3) is 57.8. The predicted octanol–water partition coefficient (Wildman–Crippen LogP) is 20.6. The molecule has 2 atom stereocenters. The second-order valence-electron chi connectivity index (χ2n) is 20.4. The molecule has 4 heteroatoms. The molecule has 1 amide bonds. The highest BCUT2D eigenvalue weighted by Gasteiger charge is 2.20. The maximum Gasteiger partial charge on any atom is 0.220 e. The van der Waals surface area contributed by atoms with Crippen molar-refractivity contribution in [1.29, 1.82) is 0 Å². The third-order valence-corrected chi connectivity index (χ3v) is 13.5. The monoisotopic (exact) mass is 984 g/mol. The summed E-state index contributed by atoms with van der Waals surface area (Å²) in [7, 11) is 0. The Hall–Kier alpha value is -2.95. The molecule has 0 aromatic carbocycles. The number of aliphatic hydroxyl groups excluding tert-OH is 2. The van der Waals surface area contributed by atoms with Gasteiger partial charge in [-0.2, -0.15) is 0 Å². The minimum atomic E-state index is -0.694. The number of aliphatic hydroxyl groups is 2. The molecule has 2 unspecified atom stereocenters. The molecule has 0 aromatic heterocycles. The van der Waals surface area contributed by atoms with Crippen molar-refractivity contribution in [2.45, 2.75) is 302 Å². The first-order valence-corrected chi connectivity index (χ1v) is 30.6. The van der Waals surface area contributed by atoms with Crippen molar-refractivity contribution in [3.63, 3.8) is 0 Å². The molecule has 71 heavy (non-hydrogen) atoms. The Balaban J connectivity index is 3.59. The van der Waals surface area contributed by atoms with Crippen LogP contribution in [-0.4, -0.2) is 34.9 Å². The quantitative estimate of drug-likeness (QED) is 0.0420. The first-order valence-electron chi connectivity index (χ1n) is 30.6. The topological polar surface area (TPSA) is 69.6 Å². The van der Waals surface area contributed by atoms with Crippen LogP contribution in [0, 0.1) is 0 Å². The smallest absolute Gasteiger partial charge is 0.220 e. The molecule has 0 bridgehead atoms. The molecular formula is C67H117NO3. The van der Waals surface area contributed by atoms with E-state index in [-0.39, 0.29) is 12.5 Å². The SMILES string of the molecule is CC/C=C\C/C=C\C/C=C\C/C=C\C/C=C\C/C=C\C/C=C\C/C=C\C/C=C\CCCC(=O)NC(CO)C(O)CCCCCCCCCCCCCCCCCCCCCCCCCCCCCCCC. The fraction of sp³-hybridized carbons (Fsp3) is 0.716. The molecule has 408 valence electrons. The van der Waals surface area contributed by atoms with Gasteiger partial charge in [-0.05, 0) is 77.0 Å². The van der Waals surface area contributed by atoms with Crippen molar-refractivity contribution in [2.24, 2.45) is 0 Å². The summed E-state index contributed by atoms with van der Waals surface area (Å²) >= 11 is 0. The van der Waals surface area contributed by atoms with Crippen molar-refractivity contribution in [1.82, 2.24) is 5.32 Å². The van der Waals surface area contributed by atoms with E-state index in [2.05, 4.69) is 129 Å². The van der Waals surface area contributed by atoms with E-state index in [0.29, 0.717) is 12.8 Å². The number of hydrogen-bond acceptors (Lipinski definition) is 3. The first kappa shape index (κ1) is 68.0. The highest BCUT2D eigenvalue weighted by Crippen LogP contribution is 2.17. The zero-order valence-corrected chi connectivity index (χ0v) is 47.0. The molecule has 4 nitrogen and oxygen atoms in total. The Bertz CT molecular complexity index is 1350. The van der Waals surface area contributed by atoms with Gasteiger partial charge in [-0.15, -0.1) is 0 Å². The molecule has 0 aromatic rings. The van der Waals surface area contributed by atoms with Gasteiger partial charge in [-0.25, -0.2) is 0 Å². The van der Waals surface area contributed by atoms with Gasteiger partial charge in [0.1, 0.15) is 0 Å². The molecule has 0 aliphatic carbocycles. The Kier molecular flexibility index (Phi) is 58.8. The van der Waals surface area contributed by atoms with Crippen LogP contribution in [0.5, 0.6) is 0 Å². The molecule has 0 heterocycles. The number of carbonyl (C=O) groups excluding carboxylic acids is 1. The van der Waals surface area contributed by atoms with Crippen LogP contribution in [0.2, 0.25) is 0 Å². The Morgan fingerprint density at radius 1 is 0.352 bits per heavy atom. The number of rotatable bonds is 55. The summed E-state index contributed by atoms with van der Waals surface area (Å²) in [6, 6.07) is -0.577. The zero-order valence-electron chi connectivity index (χ0n) is 47.0. The van der Waals surface area contributed by atoms with Crippen molar-refractivity contribution in [2.75, 3.05) is 6.61 Å². The van der Waals surface area contributed by atoms with Gasteiger partial charge in [0.15, 0.2) is 0 Å². The average molecular weight is 985 g/mol. The minimum absolute atomic E-state index is 0.0899. The number of hydrogen-bond donors (Lipinski definition) is 3. The maximum atomic E-state index is 12.5. The molecule has 0 fully saturated rings. The number of allylic oxidation sites excluding steroid dienone is 18. The van der Waals surface area contributed by atoms with E-state index in [1.54, 1.807) is 0 Å². The van der Waals surface area contributed by atoms with Gasteiger partial charge < -0.3 is 15.5 Å². The van der Waals surface area contributed by atoms with Crippen LogP contribution in [0.25, 0.3) is 0 Å². The summed E-state index contributed by atoms with van der Waals surface area (Å²) in [6.07, 6.45) is 92.4. The molecule has 0 aliphatic rings. The van der Waals surface area contributed by atoms with Crippen molar-refractivity contribution >= 4 is 5.91 Å². The lowest BCUT2D eigenvalue weighted by molar-refractivity contribution is -0.123. The highest BCUT2D eigenvalue weighted by atomic mass is 16.3. The van der Waals surface area contributed by atoms with E-state index in [0.717, 1.165) is 83.5 Å².